The fraction of sp³-hybridized carbons (Fsp3) is 0.481. The molecule has 0 saturated heterocycles. The minimum atomic E-state index is -3.53. The third kappa shape index (κ3) is 4.36. The summed E-state index contributed by atoms with van der Waals surface area (Å²) >= 11 is 0. The Morgan fingerprint density at radius 1 is 1.18 bits per heavy atom. The molecule has 0 radical (unpaired) electrons. The van der Waals surface area contributed by atoms with E-state index in [0.717, 1.165) is 6.07 Å². The molecule has 1 fully saturated rings. The van der Waals surface area contributed by atoms with Crippen molar-refractivity contribution in [2.75, 3.05) is 18.5 Å². The topological polar surface area (TPSA) is 102 Å². The molecular weight excluding hydrogens is 499 g/mol. The van der Waals surface area contributed by atoms with Gasteiger partial charge in [0.25, 0.3) is 11.5 Å². The summed E-state index contributed by atoms with van der Waals surface area (Å²) in [6, 6.07) is 6.75. The molecular formula is C27H28F3N5O3. The highest BCUT2D eigenvalue weighted by molar-refractivity contribution is 5.88. The van der Waals surface area contributed by atoms with E-state index in [1.807, 2.05) is 0 Å². The summed E-state index contributed by atoms with van der Waals surface area (Å²) < 4.78 is 53.1. The number of hydrogen-bond acceptors (Lipinski definition) is 6. The van der Waals surface area contributed by atoms with Crippen LogP contribution >= 0.6 is 0 Å². The van der Waals surface area contributed by atoms with Crippen LogP contribution < -0.4 is 16.6 Å². The third-order valence-electron chi connectivity index (χ3n) is 7.51. The molecule has 38 heavy (non-hydrogen) atoms. The smallest absolute Gasteiger partial charge is 0.351 e. The SMILES string of the molecule is C[C@H]1Nc2nc(=O)n(c3c2cc(C2(C#N)CC2)c(=O)n3C)CCCCCOCC(F)(F)c2cccc1c2F. The first-order valence-corrected chi connectivity index (χ1v) is 12.7. The molecule has 1 saturated carbocycles. The zero-order chi connectivity index (χ0) is 27.2. The highest BCUT2D eigenvalue weighted by Gasteiger charge is 2.47. The standard InChI is InChI=1S/C27H28F3N5O3/c1-16-17-7-6-8-19(21(17)28)27(29,30)15-38-12-5-3-4-11-35-23-18(22(32-16)33-25(35)37)13-20(24(36)34(23)2)26(14-31)9-10-26/h6-8,13,16H,3-5,9-12,15H2,1-2H3,(H,32,33,37)/t16-/m1/s1. The van der Waals surface area contributed by atoms with Gasteiger partial charge in [-0.15, -0.1) is 0 Å². The molecule has 200 valence electrons. The van der Waals surface area contributed by atoms with Gasteiger partial charge in [-0.2, -0.15) is 19.0 Å². The van der Waals surface area contributed by atoms with Crippen LogP contribution in [0.4, 0.5) is 19.0 Å². The molecule has 3 aromatic rings. The van der Waals surface area contributed by atoms with Crippen molar-refractivity contribution in [2.45, 2.75) is 63.0 Å². The second kappa shape index (κ2) is 9.58. The maximum absolute atomic E-state index is 15.4. The maximum Gasteiger partial charge on any atom is 0.351 e. The van der Waals surface area contributed by atoms with E-state index in [1.165, 1.54) is 21.3 Å². The van der Waals surface area contributed by atoms with E-state index in [4.69, 9.17) is 4.74 Å². The number of ether oxygens (including phenoxy) is 1. The molecule has 8 nitrogen and oxygen atoms in total. The Morgan fingerprint density at radius 2 is 1.95 bits per heavy atom. The van der Waals surface area contributed by atoms with Crippen LogP contribution in [0.2, 0.25) is 0 Å². The van der Waals surface area contributed by atoms with Gasteiger partial charge >= 0.3 is 5.69 Å². The lowest BCUT2D eigenvalue weighted by molar-refractivity contribution is -0.0853. The second-order valence-electron chi connectivity index (χ2n) is 10.1. The second-order valence-corrected chi connectivity index (χ2v) is 10.1. The number of hydrogen-bond donors (Lipinski definition) is 1. The molecule has 0 unspecified atom stereocenters. The number of nitriles is 1. The van der Waals surface area contributed by atoms with Crippen molar-refractivity contribution in [3.63, 3.8) is 0 Å². The number of nitrogens with one attached hydrogen (secondary N) is 1. The van der Waals surface area contributed by atoms with E-state index in [2.05, 4.69) is 16.4 Å². The lowest BCUT2D eigenvalue weighted by Crippen LogP contribution is -2.33. The number of halogens is 3. The van der Waals surface area contributed by atoms with Gasteiger partial charge in [0.1, 0.15) is 23.9 Å². The average molecular weight is 528 g/mol. The number of alkyl halides is 2. The summed E-state index contributed by atoms with van der Waals surface area (Å²) in [6.07, 6.45) is 2.65. The molecule has 1 N–H and O–H groups in total. The van der Waals surface area contributed by atoms with Gasteiger partial charge < -0.3 is 10.1 Å². The summed E-state index contributed by atoms with van der Waals surface area (Å²) in [5.41, 5.74) is -2.03. The molecule has 11 heteroatoms. The molecule has 1 aliphatic heterocycles. The molecule has 1 aromatic carbocycles. The van der Waals surface area contributed by atoms with Gasteiger partial charge in [-0.05, 0) is 51.2 Å². The van der Waals surface area contributed by atoms with Gasteiger partial charge in [-0.3, -0.25) is 13.9 Å². The van der Waals surface area contributed by atoms with Crippen LogP contribution in [0, 0.1) is 17.1 Å². The summed E-state index contributed by atoms with van der Waals surface area (Å²) in [4.78, 5) is 30.7. The van der Waals surface area contributed by atoms with Crippen molar-refractivity contribution in [1.29, 1.82) is 5.26 Å². The fourth-order valence-corrected chi connectivity index (χ4v) is 5.13. The first kappa shape index (κ1) is 26.0. The van der Waals surface area contributed by atoms with Gasteiger partial charge in [0.2, 0.25) is 0 Å². The largest absolute Gasteiger partial charge is 0.375 e. The minimum Gasteiger partial charge on any atom is -0.375 e. The molecule has 4 bridgehead atoms. The Bertz CT molecular complexity index is 1570. The highest BCUT2D eigenvalue weighted by atomic mass is 19.3. The van der Waals surface area contributed by atoms with E-state index >= 15 is 4.39 Å². The Hall–Kier alpha value is -3.65. The zero-order valence-electron chi connectivity index (χ0n) is 21.2. The Balaban J connectivity index is 1.72. The maximum atomic E-state index is 15.4. The number of anilines is 1. The summed E-state index contributed by atoms with van der Waals surface area (Å²) in [5, 5.41) is 13.2. The van der Waals surface area contributed by atoms with Crippen LogP contribution in [0.5, 0.6) is 0 Å². The lowest BCUT2D eigenvalue weighted by Gasteiger charge is -2.23. The normalized spacial score (nSPS) is 20.9. The summed E-state index contributed by atoms with van der Waals surface area (Å²) in [6.45, 7) is 0.938. The van der Waals surface area contributed by atoms with E-state index in [-0.39, 0.29) is 30.1 Å². The molecule has 3 heterocycles. The number of nitrogens with zero attached hydrogens (tertiary/aromatic N) is 4. The van der Waals surface area contributed by atoms with Crippen molar-refractivity contribution in [2.24, 2.45) is 7.05 Å². The van der Waals surface area contributed by atoms with Crippen molar-refractivity contribution < 1.29 is 17.9 Å². The van der Waals surface area contributed by atoms with Crippen LogP contribution in [0.25, 0.3) is 11.0 Å². The first-order valence-electron chi connectivity index (χ1n) is 12.7. The summed E-state index contributed by atoms with van der Waals surface area (Å²) in [7, 11) is 1.55. The Morgan fingerprint density at radius 3 is 2.66 bits per heavy atom. The van der Waals surface area contributed by atoms with E-state index in [1.54, 1.807) is 20.0 Å². The molecule has 0 spiro atoms. The van der Waals surface area contributed by atoms with E-state index in [0.29, 0.717) is 48.7 Å². The van der Waals surface area contributed by atoms with Crippen molar-refractivity contribution >= 4 is 16.9 Å². The monoisotopic (exact) mass is 527 g/mol. The number of rotatable bonds is 1. The third-order valence-corrected chi connectivity index (χ3v) is 7.51. The lowest BCUT2D eigenvalue weighted by atomic mass is 9.97. The predicted molar refractivity (Wildman–Crippen MR) is 135 cm³/mol. The van der Waals surface area contributed by atoms with Crippen LogP contribution in [0.3, 0.4) is 0 Å². The quantitative estimate of drug-likeness (QED) is 0.508. The van der Waals surface area contributed by atoms with Crippen molar-refractivity contribution in [1.82, 2.24) is 14.1 Å². The van der Waals surface area contributed by atoms with E-state index < -0.39 is 41.1 Å². The van der Waals surface area contributed by atoms with Crippen LogP contribution in [0.1, 0.15) is 61.8 Å². The van der Waals surface area contributed by atoms with Gasteiger partial charge in [0.15, 0.2) is 0 Å². The minimum absolute atomic E-state index is 0.0358. The zero-order valence-corrected chi connectivity index (χ0v) is 21.2. The molecule has 2 aliphatic rings. The van der Waals surface area contributed by atoms with Gasteiger partial charge in [0.05, 0.1) is 28.5 Å². The first-order chi connectivity index (χ1) is 18.1. The van der Waals surface area contributed by atoms with Crippen LogP contribution in [0.15, 0.2) is 33.9 Å². The van der Waals surface area contributed by atoms with E-state index in [9.17, 15) is 23.6 Å². The number of aromatic nitrogens is 3. The number of fused-ring (bicyclic) bond motifs is 8. The molecule has 2 aromatic heterocycles. The van der Waals surface area contributed by atoms with Gasteiger partial charge in [-0.1, -0.05) is 12.1 Å². The number of pyridine rings is 1. The van der Waals surface area contributed by atoms with Crippen molar-refractivity contribution in [3.05, 3.63) is 67.6 Å². The molecule has 0 amide bonds. The molecule has 1 aliphatic carbocycles. The molecule has 1 atom stereocenters. The highest BCUT2D eigenvalue weighted by Crippen LogP contribution is 2.47. The fourth-order valence-electron chi connectivity index (χ4n) is 5.13. The van der Waals surface area contributed by atoms with Gasteiger partial charge in [0, 0.05) is 31.3 Å². The Kier molecular flexibility index (Phi) is 6.55. The van der Waals surface area contributed by atoms with Crippen LogP contribution in [-0.2, 0) is 29.7 Å². The Labute approximate surface area is 216 Å². The predicted octanol–water partition coefficient (Wildman–Crippen LogP) is 4.25. The number of aryl methyl sites for hydroxylation is 2. The number of benzene rings is 1. The van der Waals surface area contributed by atoms with Crippen LogP contribution in [-0.4, -0.2) is 27.3 Å². The van der Waals surface area contributed by atoms with Gasteiger partial charge in [-0.25, -0.2) is 9.18 Å². The van der Waals surface area contributed by atoms with Crippen molar-refractivity contribution in [3.8, 4) is 6.07 Å². The average Bonchev–Trinajstić information content (AvgIpc) is 3.67. The summed E-state index contributed by atoms with van der Waals surface area (Å²) in [5.74, 6) is -4.51. The molecule has 5 rings (SSSR count).